The molecule has 0 saturated carbocycles. The number of nitrogens with one attached hydrogen (secondary N) is 1. The topological polar surface area (TPSA) is 81.2 Å². The van der Waals surface area contributed by atoms with Gasteiger partial charge in [0.2, 0.25) is 5.71 Å². The van der Waals surface area contributed by atoms with Crippen LogP contribution in [0.15, 0.2) is 21.7 Å². The maximum atomic E-state index is 8.58. The van der Waals surface area contributed by atoms with Crippen LogP contribution in [0.5, 0.6) is 5.75 Å². The Morgan fingerprint density at radius 3 is 2.72 bits per heavy atom. The zero-order chi connectivity index (χ0) is 13.5. The lowest BCUT2D eigenvalue weighted by Gasteiger charge is -2.11. The molecule has 0 aromatic heterocycles. The molecule has 0 atom stereocenters. The van der Waals surface area contributed by atoms with Gasteiger partial charge in [0.1, 0.15) is 17.8 Å². The molecule has 0 unspecified atom stereocenters. The van der Waals surface area contributed by atoms with Gasteiger partial charge in [-0.1, -0.05) is 11.6 Å². The Morgan fingerprint density at radius 2 is 2.17 bits per heavy atom. The SMILES string of the molecule is CCOc1c(Br)cc(Cl)cc1NN=C(C#N)C#N. The van der Waals surface area contributed by atoms with Crippen LogP contribution in [0, 0.1) is 22.7 Å². The first-order valence-electron chi connectivity index (χ1n) is 4.88. The molecule has 0 saturated heterocycles. The summed E-state index contributed by atoms with van der Waals surface area (Å²) < 4.78 is 6.08. The van der Waals surface area contributed by atoms with Crippen LogP contribution >= 0.6 is 27.5 Å². The molecule has 1 rings (SSSR count). The summed E-state index contributed by atoms with van der Waals surface area (Å²) in [7, 11) is 0. The van der Waals surface area contributed by atoms with Crippen molar-refractivity contribution in [3.63, 3.8) is 0 Å². The van der Waals surface area contributed by atoms with E-state index in [2.05, 4.69) is 26.5 Å². The molecule has 1 aromatic rings. The van der Waals surface area contributed by atoms with Gasteiger partial charge in [0.15, 0.2) is 5.75 Å². The van der Waals surface area contributed by atoms with Crippen LogP contribution < -0.4 is 10.2 Å². The summed E-state index contributed by atoms with van der Waals surface area (Å²) in [5.41, 5.74) is 2.77. The Morgan fingerprint density at radius 1 is 1.50 bits per heavy atom. The molecule has 5 nitrogen and oxygen atoms in total. The van der Waals surface area contributed by atoms with Gasteiger partial charge in [-0.25, -0.2) is 0 Å². The lowest BCUT2D eigenvalue weighted by atomic mass is 10.3. The number of anilines is 1. The fourth-order valence-electron chi connectivity index (χ4n) is 1.13. The molecule has 7 heteroatoms. The second kappa shape index (κ2) is 6.85. The normalized spacial score (nSPS) is 8.94. The van der Waals surface area contributed by atoms with E-state index in [9.17, 15) is 0 Å². The van der Waals surface area contributed by atoms with E-state index in [1.165, 1.54) is 0 Å². The second-order valence-corrected chi connectivity index (χ2v) is 4.28. The number of rotatable bonds is 4. The van der Waals surface area contributed by atoms with Crippen molar-refractivity contribution < 1.29 is 4.74 Å². The average Bonchev–Trinajstić information content (AvgIpc) is 2.34. The summed E-state index contributed by atoms with van der Waals surface area (Å²) in [6, 6.07) is 6.56. The van der Waals surface area contributed by atoms with Crippen molar-refractivity contribution in [2.24, 2.45) is 5.10 Å². The van der Waals surface area contributed by atoms with Crippen LogP contribution in [0.2, 0.25) is 5.02 Å². The molecule has 0 radical (unpaired) electrons. The van der Waals surface area contributed by atoms with E-state index in [1.807, 2.05) is 6.92 Å². The van der Waals surface area contributed by atoms with Crippen molar-refractivity contribution in [3.05, 3.63) is 21.6 Å². The number of hydrogen-bond donors (Lipinski definition) is 1. The minimum Gasteiger partial charge on any atom is -0.490 e. The lowest BCUT2D eigenvalue weighted by Crippen LogP contribution is -2.01. The van der Waals surface area contributed by atoms with E-state index in [1.54, 1.807) is 24.3 Å². The monoisotopic (exact) mass is 326 g/mol. The first-order chi connectivity index (χ1) is 8.62. The van der Waals surface area contributed by atoms with Crippen LogP contribution in [0.4, 0.5) is 5.69 Å². The number of benzene rings is 1. The molecule has 0 spiro atoms. The van der Waals surface area contributed by atoms with Gasteiger partial charge in [0.05, 0.1) is 11.1 Å². The average molecular weight is 328 g/mol. The van der Waals surface area contributed by atoms with Crippen molar-refractivity contribution in [1.82, 2.24) is 0 Å². The maximum absolute atomic E-state index is 8.58. The molecular weight excluding hydrogens is 320 g/mol. The minimum absolute atomic E-state index is 0.284. The van der Waals surface area contributed by atoms with Crippen molar-refractivity contribution in [2.75, 3.05) is 12.0 Å². The molecule has 0 amide bonds. The van der Waals surface area contributed by atoms with Crippen molar-refractivity contribution in [3.8, 4) is 17.9 Å². The molecule has 0 bridgehead atoms. The third kappa shape index (κ3) is 3.63. The Kier molecular flexibility index (Phi) is 5.44. The molecule has 0 fully saturated rings. The first-order valence-corrected chi connectivity index (χ1v) is 6.05. The predicted molar refractivity (Wildman–Crippen MR) is 72.6 cm³/mol. The summed E-state index contributed by atoms with van der Waals surface area (Å²) >= 11 is 9.21. The van der Waals surface area contributed by atoms with E-state index < -0.39 is 0 Å². The smallest absolute Gasteiger partial charge is 0.237 e. The Hall–Kier alpha value is -1.76. The van der Waals surface area contributed by atoms with Crippen molar-refractivity contribution in [2.45, 2.75) is 6.92 Å². The molecule has 1 aromatic carbocycles. The van der Waals surface area contributed by atoms with Crippen LogP contribution in [0.1, 0.15) is 6.92 Å². The van der Waals surface area contributed by atoms with E-state index >= 15 is 0 Å². The van der Waals surface area contributed by atoms with Crippen LogP contribution in [0.25, 0.3) is 0 Å². The van der Waals surface area contributed by atoms with Gasteiger partial charge < -0.3 is 4.74 Å². The summed E-state index contributed by atoms with van der Waals surface area (Å²) in [5, 5.41) is 21.3. The third-order valence-corrected chi connectivity index (χ3v) is 2.60. The predicted octanol–water partition coefficient (Wildman–Crippen LogP) is 3.32. The zero-order valence-corrected chi connectivity index (χ0v) is 11.7. The summed E-state index contributed by atoms with van der Waals surface area (Å²) in [4.78, 5) is 0. The van der Waals surface area contributed by atoms with E-state index in [0.717, 1.165) is 0 Å². The fraction of sp³-hybridized carbons (Fsp3) is 0.182. The number of nitrogens with zero attached hydrogens (tertiary/aromatic N) is 3. The Bertz CT molecular complexity index is 543. The van der Waals surface area contributed by atoms with Crippen LogP contribution in [-0.4, -0.2) is 12.3 Å². The third-order valence-electron chi connectivity index (χ3n) is 1.80. The van der Waals surface area contributed by atoms with E-state index in [4.69, 9.17) is 26.9 Å². The molecule has 0 aliphatic carbocycles. The highest BCUT2D eigenvalue weighted by Gasteiger charge is 2.10. The van der Waals surface area contributed by atoms with Gasteiger partial charge in [-0.15, -0.1) is 0 Å². The van der Waals surface area contributed by atoms with Crippen molar-refractivity contribution in [1.29, 1.82) is 10.5 Å². The van der Waals surface area contributed by atoms with Gasteiger partial charge in [-0.05, 0) is 35.0 Å². The molecular formula is C11H8BrClN4O. The lowest BCUT2D eigenvalue weighted by molar-refractivity contribution is 0.339. The van der Waals surface area contributed by atoms with Gasteiger partial charge >= 0.3 is 0 Å². The largest absolute Gasteiger partial charge is 0.490 e. The quantitative estimate of drug-likeness (QED) is 0.679. The molecule has 0 aliphatic heterocycles. The molecule has 1 N–H and O–H groups in total. The van der Waals surface area contributed by atoms with Crippen LogP contribution in [-0.2, 0) is 0 Å². The van der Waals surface area contributed by atoms with Crippen molar-refractivity contribution >= 4 is 38.9 Å². The van der Waals surface area contributed by atoms with Crippen LogP contribution in [0.3, 0.4) is 0 Å². The zero-order valence-electron chi connectivity index (χ0n) is 9.37. The van der Waals surface area contributed by atoms with Gasteiger partial charge in [-0.3, -0.25) is 5.43 Å². The summed E-state index contributed by atoms with van der Waals surface area (Å²) in [6.07, 6.45) is 0. The molecule has 0 aliphatic rings. The standard InChI is InChI=1S/C11H8BrClN4O/c1-2-18-11-9(12)3-7(13)4-10(11)17-16-8(5-14)6-15/h3-4,17H,2H2,1H3. The summed E-state index contributed by atoms with van der Waals surface area (Å²) in [6.45, 7) is 2.30. The molecule has 18 heavy (non-hydrogen) atoms. The van der Waals surface area contributed by atoms with Gasteiger partial charge in [0, 0.05) is 5.02 Å². The molecule has 92 valence electrons. The number of halogens is 2. The minimum atomic E-state index is -0.284. The second-order valence-electron chi connectivity index (χ2n) is 2.99. The maximum Gasteiger partial charge on any atom is 0.237 e. The Labute approximate surface area is 118 Å². The fourth-order valence-corrected chi connectivity index (χ4v) is 2.05. The van der Waals surface area contributed by atoms with E-state index in [0.29, 0.717) is 27.5 Å². The number of ether oxygens (including phenoxy) is 1. The highest BCUT2D eigenvalue weighted by atomic mass is 79.9. The number of hydrazone groups is 1. The Balaban J connectivity index is 3.12. The first kappa shape index (κ1) is 14.3. The number of nitriles is 2. The summed E-state index contributed by atoms with van der Waals surface area (Å²) in [5.74, 6) is 0.515. The van der Waals surface area contributed by atoms with Gasteiger partial charge in [-0.2, -0.15) is 15.6 Å². The highest BCUT2D eigenvalue weighted by Crippen LogP contribution is 2.36. The number of hydrogen-bond acceptors (Lipinski definition) is 5. The van der Waals surface area contributed by atoms with E-state index in [-0.39, 0.29) is 5.71 Å². The van der Waals surface area contributed by atoms with Gasteiger partial charge in [0.25, 0.3) is 0 Å². The highest BCUT2D eigenvalue weighted by molar-refractivity contribution is 9.10. The molecule has 0 heterocycles.